The predicted molar refractivity (Wildman–Crippen MR) is 74.8 cm³/mol. The molecule has 2 aromatic rings. The summed E-state index contributed by atoms with van der Waals surface area (Å²) in [7, 11) is 1.65. The van der Waals surface area contributed by atoms with E-state index in [0.29, 0.717) is 22.7 Å². The first kappa shape index (κ1) is 13.7. The molecule has 1 aromatic heterocycles. The van der Waals surface area contributed by atoms with Crippen molar-refractivity contribution in [2.24, 2.45) is 5.84 Å². The number of methoxy groups -OCH3 is 1. The second-order valence-electron chi connectivity index (χ2n) is 3.67. The lowest BCUT2D eigenvalue weighted by atomic mass is 10.2. The number of ether oxygens (including phenoxy) is 2. The monoisotopic (exact) mass is 324 g/mol. The van der Waals surface area contributed by atoms with E-state index in [-0.39, 0.29) is 5.95 Å². The van der Waals surface area contributed by atoms with E-state index in [2.05, 4.69) is 31.3 Å². The van der Waals surface area contributed by atoms with E-state index < -0.39 is 0 Å². The number of nitrogens with two attached hydrogens (primary N) is 1. The van der Waals surface area contributed by atoms with Crippen LogP contribution in [0, 0.1) is 0 Å². The zero-order valence-corrected chi connectivity index (χ0v) is 11.8. The highest BCUT2D eigenvalue weighted by atomic mass is 79.9. The van der Waals surface area contributed by atoms with Gasteiger partial charge in [-0.2, -0.15) is 4.98 Å². The highest BCUT2D eigenvalue weighted by molar-refractivity contribution is 9.10. The molecule has 0 atom stereocenters. The van der Waals surface area contributed by atoms with E-state index in [0.717, 1.165) is 5.56 Å². The van der Waals surface area contributed by atoms with Crippen molar-refractivity contribution >= 4 is 21.9 Å². The van der Waals surface area contributed by atoms with Gasteiger partial charge < -0.3 is 9.47 Å². The number of benzene rings is 1. The fraction of sp³-hybridized carbons (Fsp3) is 0.167. The van der Waals surface area contributed by atoms with E-state index in [1.807, 2.05) is 24.3 Å². The summed E-state index contributed by atoms with van der Waals surface area (Å²) in [5.74, 6) is 6.60. The SMILES string of the molecule is COCc1cccc(Oc2nc(NN)ncc2Br)c1. The average Bonchev–Trinajstić information content (AvgIpc) is 2.42. The van der Waals surface area contributed by atoms with E-state index >= 15 is 0 Å². The topological polar surface area (TPSA) is 82.3 Å². The maximum atomic E-state index is 5.69. The van der Waals surface area contributed by atoms with Gasteiger partial charge in [0, 0.05) is 7.11 Å². The first-order valence-electron chi connectivity index (χ1n) is 5.48. The van der Waals surface area contributed by atoms with Gasteiger partial charge in [-0.05, 0) is 33.6 Å². The molecule has 0 amide bonds. The summed E-state index contributed by atoms with van der Waals surface area (Å²) in [5.41, 5.74) is 3.39. The largest absolute Gasteiger partial charge is 0.438 e. The quantitative estimate of drug-likeness (QED) is 0.649. The van der Waals surface area contributed by atoms with Gasteiger partial charge in [0.25, 0.3) is 0 Å². The molecule has 0 aliphatic carbocycles. The molecule has 0 saturated heterocycles. The number of hydrogen-bond donors (Lipinski definition) is 2. The molecule has 0 aliphatic heterocycles. The summed E-state index contributed by atoms with van der Waals surface area (Å²) in [6, 6.07) is 7.57. The van der Waals surface area contributed by atoms with Gasteiger partial charge in [-0.3, -0.25) is 5.43 Å². The molecule has 1 aromatic carbocycles. The molecule has 2 rings (SSSR count). The van der Waals surface area contributed by atoms with Crippen molar-refractivity contribution in [3.63, 3.8) is 0 Å². The number of anilines is 1. The molecule has 0 unspecified atom stereocenters. The van der Waals surface area contributed by atoms with Gasteiger partial charge in [0.1, 0.15) is 5.75 Å². The van der Waals surface area contributed by atoms with E-state index in [9.17, 15) is 0 Å². The second kappa shape index (κ2) is 6.46. The van der Waals surface area contributed by atoms with Crippen molar-refractivity contribution in [2.75, 3.05) is 12.5 Å². The van der Waals surface area contributed by atoms with Crippen LogP contribution in [-0.2, 0) is 11.3 Å². The number of aromatic nitrogens is 2. The highest BCUT2D eigenvalue weighted by Crippen LogP contribution is 2.28. The molecule has 7 heteroatoms. The molecule has 6 nitrogen and oxygen atoms in total. The van der Waals surface area contributed by atoms with Crippen LogP contribution in [0.15, 0.2) is 34.9 Å². The molecule has 3 N–H and O–H groups in total. The molecular formula is C12H13BrN4O2. The van der Waals surface area contributed by atoms with Crippen molar-refractivity contribution in [3.05, 3.63) is 40.5 Å². The second-order valence-corrected chi connectivity index (χ2v) is 4.53. The Labute approximate surface area is 119 Å². The molecule has 0 bridgehead atoms. The normalized spacial score (nSPS) is 10.3. The minimum Gasteiger partial charge on any atom is -0.438 e. The molecule has 0 aliphatic rings. The third-order valence-electron chi connectivity index (χ3n) is 2.27. The highest BCUT2D eigenvalue weighted by Gasteiger charge is 2.07. The average molecular weight is 325 g/mol. The Morgan fingerprint density at radius 1 is 1.42 bits per heavy atom. The van der Waals surface area contributed by atoms with Crippen molar-refractivity contribution in [2.45, 2.75) is 6.61 Å². The Hall–Kier alpha value is -1.70. The van der Waals surface area contributed by atoms with Crippen LogP contribution in [0.4, 0.5) is 5.95 Å². The van der Waals surface area contributed by atoms with Crippen molar-refractivity contribution in [3.8, 4) is 11.6 Å². The number of nitrogens with one attached hydrogen (secondary N) is 1. The third-order valence-corrected chi connectivity index (χ3v) is 2.81. The first-order chi connectivity index (χ1) is 9.22. The number of hydrazine groups is 1. The lowest BCUT2D eigenvalue weighted by Crippen LogP contribution is -2.10. The van der Waals surface area contributed by atoms with Crippen LogP contribution in [0.2, 0.25) is 0 Å². The fourth-order valence-corrected chi connectivity index (χ4v) is 1.74. The van der Waals surface area contributed by atoms with Crippen LogP contribution < -0.4 is 16.0 Å². The minimum absolute atomic E-state index is 0.284. The summed E-state index contributed by atoms with van der Waals surface area (Å²) >= 11 is 3.32. The third kappa shape index (κ3) is 3.63. The van der Waals surface area contributed by atoms with Gasteiger partial charge in [0.15, 0.2) is 0 Å². The van der Waals surface area contributed by atoms with Crippen molar-refractivity contribution in [1.29, 1.82) is 0 Å². The standard InChI is InChI=1S/C12H13BrN4O2/c1-18-7-8-3-2-4-9(5-8)19-11-10(13)6-15-12(16-11)17-14/h2-6H,7,14H2,1H3,(H,15,16,17). The number of nitrogens with zero attached hydrogens (tertiary/aromatic N) is 2. The molecule has 100 valence electrons. The summed E-state index contributed by atoms with van der Waals surface area (Å²) in [6.07, 6.45) is 1.57. The van der Waals surface area contributed by atoms with Crippen molar-refractivity contribution in [1.82, 2.24) is 9.97 Å². The van der Waals surface area contributed by atoms with Gasteiger partial charge in [0.05, 0.1) is 17.3 Å². The van der Waals surface area contributed by atoms with Crippen LogP contribution >= 0.6 is 15.9 Å². The minimum atomic E-state index is 0.284. The van der Waals surface area contributed by atoms with Crippen molar-refractivity contribution < 1.29 is 9.47 Å². The summed E-state index contributed by atoms with van der Waals surface area (Å²) in [5, 5.41) is 0. The lowest BCUT2D eigenvalue weighted by Gasteiger charge is -2.09. The van der Waals surface area contributed by atoms with E-state index in [1.165, 1.54) is 0 Å². The summed E-state index contributed by atoms with van der Waals surface area (Å²) in [6.45, 7) is 0.526. The predicted octanol–water partition coefficient (Wildman–Crippen LogP) is 2.46. The van der Waals surface area contributed by atoms with Crippen LogP contribution in [0.1, 0.15) is 5.56 Å². The Morgan fingerprint density at radius 3 is 3.00 bits per heavy atom. The molecule has 19 heavy (non-hydrogen) atoms. The zero-order valence-electron chi connectivity index (χ0n) is 10.3. The van der Waals surface area contributed by atoms with E-state index in [1.54, 1.807) is 13.3 Å². The lowest BCUT2D eigenvalue weighted by molar-refractivity contribution is 0.184. The number of nitrogen functional groups attached to an aromatic ring is 1. The number of rotatable bonds is 5. The number of halogens is 1. The Balaban J connectivity index is 2.22. The Bertz CT molecular complexity index is 565. The molecule has 1 heterocycles. The van der Waals surface area contributed by atoms with Gasteiger partial charge in [-0.1, -0.05) is 12.1 Å². The van der Waals surface area contributed by atoms with Gasteiger partial charge >= 0.3 is 0 Å². The van der Waals surface area contributed by atoms with Gasteiger partial charge in [-0.25, -0.2) is 10.8 Å². The fourth-order valence-electron chi connectivity index (χ4n) is 1.47. The molecular weight excluding hydrogens is 312 g/mol. The first-order valence-corrected chi connectivity index (χ1v) is 6.27. The summed E-state index contributed by atoms with van der Waals surface area (Å²) in [4.78, 5) is 8.07. The van der Waals surface area contributed by atoms with Crippen LogP contribution in [0.3, 0.4) is 0 Å². The smallest absolute Gasteiger partial charge is 0.240 e. The van der Waals surface area contributed by atoms with Gasteiger partial charge in [0.2, 0.25) is 11.8 Å². The molecule has 0 saturated carbocycles. The zero-order chi connectivity index (χ0) is 13.7. The van der Waals surface area contributed by atoms with Gasteiger partial charge in [-0.15, -0.1) is 0 Å². The summed E-state index contributed by atoms with van der Waals surface area (Å²) < 4.78 is 11.4. The maximum absolute atomic E-state index is 5.69. The molecule has 0 fully saturated rings. The van der Waals surface area contributed by atoms with Crippen LogP contribution in [0.25, 0.3) is 0 Å². The molecule has 0 radical (unpaired) electrons. The van der Waals surface area contributed by atoms with E-state index in [4.69, 9.17) is 15.3 Å². The maximum Gasteiger partial charge on any atom is 0.240 e. The Morgan fingerprint density at radius 2 is 2.26 bits per heavy atom. The van der Waals surface area contributed by atoms with Crippen LogP contribution in [-0.4, -0.2) is 17.1 Å². The van der Waals surface area contributed by atoms with Crippen LogP contribution in [0.5, 0.6) is 11.6 Å². The molecule has 0 spiro atoms. The Kier molecular flexibility index (Phi) is 4.67. The number of hydrogen-bond acceptors (Lipinski definition) is 6.